The molecule has 6 aromatic rings. The SMILES string of the molecule is CC#N.CC#N.CC#N.CC#N.CC#N.CC#N.CC(=O)[O-].CC(=O)[O-].CC(=O)[O-].CC(=O)[O-].CC(=O)[O-].CC(=O)[O-].Cc1n[n-]c(C)c1[N+](=O)[O-].Cc1n[n-]c(C)c1[N+](=O)[O-].Cc1n[n-]c(C)c1[N+](=O)[O-].Cc1n[n-]c(C)c1[N+](=O)[O-].Cc1n[n-]c(C)c1[N+](=O)[O-].Cc1n[n-]c(C)c1[N+](=O)[O-].[Cu+2].[Cu+2].[Cu+2].[Cu+2].[Cu+2].[Cu+2].[Cu+2].[OH-].[OH-]. The molecule has 0 saturated heterocycles. The molecule has 7 radical (unpaired) electrons. The van der Waals surface area contributed by atoms with Gasteiger partial charge in [0.1, 0.15) is 0 Å². The monoisotopic (exact) mass is 1920 g/mol. The molecule has 0 aromatic carbocycles. The topological polar surface area (TPSA) is 864 Å². The number of carbonyl (C=O) groups excluding carboxylic acids is 6. The number of aromatic nitrogens is 12. The quantitative estimate of drug-likeness (QED) is 0.107. The maximum Gasteiger partial charge on any atom is 2.00 e. The van der Waals surface area contributed by atoms with E-state index in [0.717, 1.165) is 41.5 Å². The summed E-state index contributed by atoms with van der Waals surface area (Å²) in [5.74, 6) is -6.50. The summed E-state index contributed by atoms with van der Waals surface area (Å²) < 4.78 is 0. The van der Waals surface area contributed by atoms with E-state index in [1.807, 2.05) is 0 Å². The molecule has 6 rings (SSSR count). The van der Waals surface area contributed by atoms with Gasteiger partial charge in [-0.05, 0) is 83.1 Å². The third kappa shape index (κ3) is 112. The molecule has 111 heavy (non-hydrogen) atoms. The first-order valence-corrected chi connectivity index (χ1v) is 26.2. The number of carboxylic acids is 6. The van der Waals surface area contributed by atoms with Gasteiger partial charge < -0.3 is 132 Å². The van der Waals surface area contributed by atoms with Gasteiger partial charge in [-0.15, -0.1) is 0 Å². The average molecular weight is 1920 g/mol. The van der Waals surface area contributed by atoms with Gasteiger partial charge in [0.15, 0.2) is 0 Å². The Kier molecular flexibility index (Phi) is 143. The molecule has 0 atom stereocenters. The number of aliphatic carboxylic acids is 6. The Hall–Kier alpha value is -11.0. The zero-order valence-electron chi connectivity index (χ0n) is 62.5. The number of nitrogens with zero attached hydrogens (tertiary/aromatic N) is 24. The van der Waals surface area contributed by atoms with Crippen molar-refractivity contribution in [2.24, 2.45) is 0 Å². The number of carboxylic acid groups (broad SMARTS) is 6. The van der Waals surface area contributed by atoms with Crippen LogP contribution in [0.4, 0.5) is 34.1 Å². The van der Waals surface area contributed by atoms with Crippen molar-refractivity contribution >= 4 is 69.9 Å². The maximum absolute atomic E-state index is 10.2. The van der Waals surface area contributed by atoms with Crippen LogP contribution < -0.4 is 61.2 Å². The average Bonchev–Trinajstić information content (AvgIpc) is 1.79. The second-order valence-corrected chi connectivity index (χ2v) is 16.2. The first-order valence-electron chi connectivity index (χ1n) is 26.2. The predicted octanol–water partition coefficient (Wildman–Crippen LogP) is -1.27. The predicted molar refractivity (Wildman–Crippen MR) is 338 cm³/mol. The maximum atomic E-state index is 10.2. The van der Waals surface area contributed by atoms with E-state index < -0.39 is 65.4 Å². The molecular formula is C54H74Cu7N24O26. The van der Waals surface area contributed by atoms with Crippen molar-refractivity contribution in [1.29, 1.82) is 31.6 Å². The van der Waals surface area contributed by atoms with Crippen LogP contribution in [-0.2, 0) is 148 Å². The van der Waals surface area contributed by atoms with Crippen LogP contribution >= 0.6 is 0 Å². The zero-order valence-corrected chi connectivity index (χ0v) is 69.1. The van der Waals surface area contributed by atoms with Gasteiger partial charge in [0.05, 0.1) is 100 Å². The Labute approximate surface area is 708 Å². The molecule has 0 amide bonds. The van der Waals surface area contributed by atoms with Crippen LogP contribution in [-0.4, -0.2) is 107 Å². The number of carbonyl (C=O) groups is 6. The second-order valence-electron chi connectivity index (χ2n) is 16.2. The molecule has 57 heteroatoms. The molecule has 0 bridgehead atoms. The summed E-state index contributed by atoms with van der Waals surface area (Å²) in [5.41, 5.74) is 4.69. The zero-order chi connectivity index (χ0) is 84.0. The number of aryl methyl sites for hydroxylation is 12. The summed E-state index contributed by atoms with van der Waals surface area (Å²) in [5, 5.41) is 201. The standard InChI is InChI=1S/6C5H6N3O2.6C2H3N.6C2H4O2.7Cu.2H2O/c6*1-3-5(8(9)10)4(2)7-6-3;6*1-2-3;6*1-2(3)4;;;;;;;;;/h6*1-2H3;6*1H3;6*1H3,(H,3,4);;;;;;;;2*1H2/q6*-1;;;;;;;;;;;;;7*+2;;/p-8. The van der Waals surface area contributed by atoms with E-state index in [0.29, 0.717) is 68.3 Å². The van der Waals surface area contributed by atoms with Crippen LogP contribution in [0.2, 0.25) is 0 Å². The minimum absolute atomic E-state index is 0. The van der Waals surface area contributed by atoms with Crippen molar-refractivity contribution in [2.75, 3.05) is 0 Å². The molecule has 0 unspecified atom stereocenters. The summed E-state index contributed by atoms with van der Waals surface area (Å²) in [6.07, 6.45) is 0. The Balaban J connectivity index is -0.0000000414. The number of hydrogen-bond donors (Lipinski definition) is 0. The van der Waals surface area contributed by atoms with Crippen LogP contribution in [0.3, 0.4) is 0 Å². The number of nitro groups is 6. The van der Waals surface area contributed by atoms with E-state index in [2.05, 4.69) is 61.2 Å². The Morgan fingerprint density at radius 3 is 0.324 bits per heavy atom. The summed E-state index contributed by atoms with van der Waals surface area (Å²) >= 11 is 0. The fourth-order valence-electron chi connectivity index (χ4n) is 4.62. The Morgan fingerprint density at radius 2 is 0.306 bits per heavy atom. The summed E-state index contributed by atoms with van der Waals surface area (Å²) in [4.78, 5) is 112. The third-order valence-electron chi connectivity index (χ3n) is 7.31. The minimum atomic E-state index is -1.08. The molecule has 50 nitrogen and oxygen atoms in total. The van der Waals surface area contributed by atoms with E-state index in [4.69, 9.17) is 91.0 Å². The Bertz CT molecular complexity index is 3040. The minimum Gasteiger partial charge on any atom is -0.870 e. The smallest absolute Gasteiger partial charge is 0.870 e. The van der Waals surface area contributed by atoms with Gasteiger partial charge in [0.25, 0.3) is 34.1 Å². The second kappa shape index (κ2) is 101. The van der Waals surface area contributed by atoms with Crippen LogP contribution in [0.15, 0.2) is 0 Å². The van der Waals surface area contributed by atoms with E-state index in [1.54, 1.807) is 120 Å². The largest absolute Gasteiger partial charge is 2.00 e. The third-order valence-corrected chi connectivity index (χ3v) is 7.31. The van der Waals surface area contributed by atoms with Gasteiger partial charge in [-0.3, -0.25) is 60.7 Å². The van der Waals surface area contributed by atoms with Crippen molar-refractivity contribution in [2.45, 2.75) is 166 Å². The van der Waals surface area contributed by atoms with Gasteiger partial charge >= 0.3 is 119 Å². The van der Waals surface area contributed by atoms with Crippen molar-refractivity contribution in [3.05, 3.63) is 129 Å². The molecule has 6 aromatic heterocycles. The molecule has 0 aliphatic heterocycles. The molecular weight excluding hydrogens is 1850 g/mol. The van der Waals surface area contributed by atoms with Crippen LogP contribution in [0.1, 0.15) is 151 Å². The molecule has 643 valence electrons. The summed E-state index contributed by atoms with van der Waals surface area (Å²) in [6.45, 7) is 33.2. The first-order chi connectivity index (χ1) is 46.6. The number of hydrogen-bond acceptors (Lipinski definition) is 38. The van der Waals surface area contributed by atoms with Gasteiger partial charge in [-0.1, -0.05) is 75.7 Å². The molecule has 0 fully saturated rings. The van der Waals surface area contributed by atoms with Crippen molar-refractivity contribution in [3.63, 3.8) is 0 Å². The van der Waals surface area contributed by atoms with Gasteiger partial charge in [-0.2, -0.15) is 31.6 Å². The van der Waals surface area contributed by atoms with Gasteiger partial charge in [0.2, 0.25) is 0 Å². The van der Waals surface area contributed by atoms with Crippen LogP contribution in [0.25, 0.3) is 0 Å². The van der Waals surface area contributed by atoms with E-state index in [1.165, 1.54) is 41.5 Å². The molecule has 0 aliphatic rings. The van der Waals surface area contributed by atoms with Crippen molar-refractivity contribution < 1.29 is 219 Å². The number of rotatable bonds is 6. The van der Waals surface area contributed by atoms with Crippen molar-refractivity contribution in [1.82, 2.24) is 61.2 Å². The number of nitriles is 6. The summed E-state index contributed by atoms with van der Waals surface area (Å²) in [6, 6.07) is 10.5. The summed E-state index contributed by atoms with van der Waals surface area (Å²) in [7, 11) is 0. The van der Waals surface area contributed by atoms with Gasteiger partial charge in [-0.25, -0.2) is 0 Å². The molecule has 6 heterocycles. The van der Waals surface area contributed by atoms with E-state index >= 15 is 0 Å². The molecule has 0 spiro atoms. The van der Waals surface area contributed by atoms with Crippen molar-refractivity contribution in [3.8, 4) is 36.4 Å². The normalized spacial score (nSPS) is 7.08. The van der Waals surface area contributed by atoms with Gasteiger partial charge in [0, 0.05) is 77.4 Å². The van der Waals surface area contributed by atoms with Crippen LogP contribution in [0.5, 0.6) is 0 Å². The van der Waals surface area contributed by atoms with E-state index in [-0.39, 0.29) is 165 Å². The fraction of sp³-hybridized carbons (Fsp3) is 0.444. The Morgan fingerprint density at radius 1 is 0.252 bits per heavy atom. The van der Waals surface area contributed by atoms with Crippen LogP contribution in [0, 0.1) is 212 Å². The fourth-order valence-corrected chi connectivity index (χ4v) is 4.62. The van der Waals surface area contributed by atoms with E-state index in [9.17, 15) is 60.7 Å². The molecule has 2 N–H and O–H groups in total. The molecule has 0 aliphatic carbocycles. The first kappa shape index (κ1) is 157. The molecule has 0 saturated carbocycles.